The van der Waals surface area contributed by atoms with E-state index in [1.165, 1.54) is 11.3 Å². The highest BCUT2D eigenvalue weighted by atomic mass is 79.9. The van der Waals surface area contributed by atoms with Crippen LogP contribution in [0.1, 0.15) is 43.6 Å². The Bertz CT molecular complexity index is 1100. The lowest BCUT2D eigenvalue weighted by atomic mass is 9.86. The van der Waals surface area contributed by atoms with E-state index >= 15 is 0 Å². The summed E-state index contributed by atoms with van der Waals surface area (Å²) in [4.78, 5) is 26.0. The van der Waals surface area contributed by atoms with Crippen LogP contribution in [0.15, 0.2) is 59.1 Å². The van der Waals surface area contributed by atoms with Crippen molar-refractivity contribution in [2.45, 2.75) is 33.1 Å². The highest BCUT2D eigenvalue weighted by molar-refractivity contribution is 9.10. The van der Waals surface area contributed by atoms with Gasteiger partial charge < -0.3 is 14.8 Å². The summed E-state index contributed by atoms with van der Waals surface area (Å²) in [6.07, 6.45) is 0. The molecule has 0 bridgehead atoms. The van der Waals surface area contributed by atoms with E-state index in [4.69, 9.17) is 9.47 Å². The van der Waals surface area contributed by atoms with Crippen LogP contribution in [0, 0.1) is 0 Å². The Hall–Kier alpha value is -2.64. The van der Waals surface area contributed by atoms with E-state index in [0.29, 0.717) is 16.3 Å². The van der Waals surface area contributed by atoms with Gasteiger partial charge in [-0.25, -0.2) is 4.79 Å². The Kier molecular flexibility index (Phi) is 7.74. The van der Waals surface area contributed by atoms with Gasteiger partial charge in [0.25, 0.3) is 5.91 Å². The van der Waals surface area contributed by atoms with Crippen LogP contribution in [0.4, 0.5) is 5.00 Å². The van der Waals surface area contributed by atoms with E-state index in [1.807, 2.05) is 48.5 Å². The van der Waals surface area contributed by atoms with E-state index in [1.54, 1.807) is 13.0 Å². The molecule has 2 aromatic carbocycles. The van der Waals surface area contributed by atoms with Crippen molar-refractivity contribution in [2.75, 3.05) is 18.5 Å². The zero-order chi connectivity index (χ0) is 23.3. The summed E-state index contributed by atoms with van der Waals surface area (Å²) in [5.74, 6) is -0.164. The molecule has 0 saturated carbocycles. The second kappa shape index (κ2) is 10.3. The number of anilines is 1. The smallest absolute Gasteiger partial charge is 0.341 e. The zero-order valence-corrected chi connectivity index (χ0v) is 20.9. The molecule has 1 N–H and O–H groups in total. The molecule has 0 aliphatic carbocycles. The Balaban J connectivity index is 1.79. The van der Waals surface area contributed by atoms with Gasteiger partial charge in [0.05, 0.1) is 12.2 Å². The number of amides is 1. The van der Waals surface area contributed by atoms with Gasteiger partial charge in [0.1, 0.15) is 10.8 Å². The average molecular weight is 516 g/mol. The lowest BCUT2D eigenvalue weighted by Gasteiger charge is -2.23. The molecule has 5 nitrogen and oxygen atoms in total. The predicted octanol–water partition coefficient (Wildman–Crippen LogP) is 6.67. The Morgan fingerprint density at radius 2 is 1.78 bits per heavy atom. The third-order valence-corrected chi connectivity index (χ3v) is 6.24. The predicted molar refractivity (Wildman–Crippen MR) is 133 cm³/mol. The standard InChI is InChI=1S/C25H26BrNO4S/c1-5-30-24(29)18-14-21(16-9-7-6-8-10-16)32-23(18)27-22(28)15-31-20-12-11-17(26)13-19(20)25(2,3)4/h6-14H,5,15H2,1-4H3,(H,27,28). The second-order valence-electron chi connectivity index (χ2n) is 8.17. The van der Waals surface area contributed by atoms with Gasteiger partial charge >= 0.3 is 5.97 Å². The fraction of sp³-hybridized carbons (Fsp3) is 0.280. The molecule has 3 rings (SSSR count). The SMILES string of the molecule is CCOC(=O)c1cc(-c2ccccc2)sc1NC(=O)COc1ccc(Br)cc1C(C)(C)C. The molecule has 1 amide bonds. The van der Waals surface area contributed by atoms with Crippen molar-refractivity contribution in [1.29, 1.82) is 0 Å². The number of carbonyl (C=O) groups excluding carboxylic acids is 2. The molecule has 1 aromatic heterocycles. The van der Waals surface area contributed by atoms with Gasteiger partial charge in [0.15, 0.2) is 6.61 Å². The largest absolute Gasteiger partial charge is 0.483 e. The van der Waals surface area contributed by atoms with E-state index in [9.17, 15) is 9.59 Å². The number of rotatable bonds is 7. The van der Waals surface area contributed by atoms with E-state index in [-0.39, 0.29) is 24.5 Å². The number of thiophene rings is 1. The van der Waals surface area contributed by atoms with Gasteiger partial charge in [0, 0.05) is 14.9 Å². The number of hydrogen-bond donors (Lipinski definition) is 1. The maximum atomic E-state index is 12.7. The summed E-state index contributed by atoms with van der Waals surface area (Å²) >= 11 is 4.82. The molecule has 3 aromatic rings. The zero-order valence-electron chi connectivity index (χ0n) is 18.5. The van der Waals surface area contributed by atoms with Crippen LogP contribution in [-0.2, 0) is 14.9 Å². The van der Waals surface area contributed by atoms with Gasteiger partial charge in [-0.3, -0.25) is 4.79 Å². The molecule has 0 spiro atoms. The van der Waals surface area contributed by atoms with E-state index in [2.05, 4.69) is 42.0 Å². The molecule has 0 atom stereocenters. The molecular weight excluding hydrogens is 490 g/mol. The molecule has 0 unspecified atom stereocenters. The lowest BCUT2D eigenvalue weighted by Crippen LogP contribution is -2.22. The van der Waals surface area contributed by atoms with Crippen molar-refractivity contribution < 1.29 is 19.1 Å². The summed E-state index contributed by atoms with van der Waals surface area (Å²) in [7, 11) is 0. The highest BCUT2D eigenvalue weighted by Crippen LogP contribution is 2.36. The molecule has 0 radical (unpaired) electrons. The topological polar surface area (TPSA) is 64.6 Å². The van der Waals surface area contributed by atoms with Crippen LogP contribution < -0.4 is 10.1 Å². The molecule has 32 heavy (non-hydrogen) atoms. The van der Waals surface area contributed by atoms with E-state index in [0.717, 1.165) is 20.5 Å². The number of nitrogens with one attached hydrogen (secondary N) is 1. The van der Waals surface area contributed by atoms with Crippen LogP contribution in [0.2, 0.25) is 0 Å². The molecule has 0 fully saturated rings. The lowest BCUT2D eigenvalue weighted by molar-refractivity contribution is -0.118. The number of benzene rings is 2. The Morgan fingerprint density at radius 1 is 1.06 bits per heavy atom. The minimum absolute atomic E-state index is 0.148. The molecule has 0 aliphatic rings. The first-order valence-corrected chi connectivity index (χ1v) is 11.9. The second-order valence-corrected chi connectivity index (χ2v) is 10.1. The minimum Gasteiger partial charge on any atom is -0.483 e. The average Bonchev–Trinajstić information content (AvgIpc) is 3.17. The molecule has 0 aliphatic heterocycles. The maximum Gasteiger partial charge on any atom is 0.341 e. The maximum absolute atomic E-state index is 12.7. The number of halogens is 1. The minimum atomic E-state index is -0.468. The van der Waals surface area contributed by atoms with Crippen LogP contribution in [-0.4, -0.2) is 25.1 Å². The molecule has 168 valence electrons. The number of ether oxygens (including phenoxy) is 2. The number of carbonyl (C=O) groups is 2. The summed E-state index contributed by atoms with van der Waals surface area (Å²) in [5, 5.41) is 3.27. The van der Waals surface area contributed by atoms with Gasteiger partial charge in [0.2, 0.25) is 0 Å². The Morgan fingerprint density at radius 3 is 2.44 bits per heavy atom. The summed E-state index contributed by atoms with van der Waals surface area (Å²) in [6.45, 7) is 8.09. The summed E-state index contributed by atoms with van der Waals surface area (Å²) in [6, 6.07) is 17.2. The molecular formula is C25H26BrNO4S. The van der Waals surface area contributed by atoms with Gasteiger partial charge in [-0.05, 0) is 42.2 Å². The number of hydrogen-bond acceptors (Lipinski definition) is 5. The first-order valence-electron chi connectivity index (χ1n) is 10.3. The monoisotopic (exact) mass is 515 g/mol. The molecule has 7 heteroatoms. The van der Waals surface area contributed by atoms with Crippen molar-refractivity contribution in [1.82, 2.24) is 0 Å². The van der Waals surface area contributed by atoms with Crippen molar-refractivity contribution >= 4 is 44.1 Å². The van der Waals surface area contributed by atoms with Crippen LogP contribution in [0.3, 0.4) is 0 Å². The van der Waals surface area contributed by atoms with Crippen molar-refractivity contribution in [3.8, 4) is 16.2 Å². The first kappa shape index (κ1) is 24.0. The van der Waals surface area contributed by atoms with Gasteiger partial charge in [-0.1, -0.05) is 67.0 Å². The van der Waals surface area contributed by atoms with Crippen LogP contribution >= 0.6 is 27.3 Å². The molecule has 1 heterocycles. The highest BCUT2D eigenvalue weighted by Gasteiger charge is 2.22. The fourth-order valence-corrected chi connectivity index (χ4v) is 4.54. The quantitative estimate of drug-likeness (QED) is 0.357. The van der Waals surface area contributed by atoms with Gasteiger partial charge in [-0.2, -0.15) is 0 Å². The fourth-order valence-electron chi connectivity index (χ4n) is 3.11. The van der Waals surface area contributed by atoms with Crippen LogP contribution in [0.25, 0.3) is 10.4 Å². The first-order chi connectivity index (χ1) is 15.2. The van der Waals surface area contributed by atoms with Crippen molar-refractivity contribution in [2.24, 2.45) is 0 Å². The molecule has 0 saturated heterocycles. The van der Waals surface area contributed by atoms with Crippen LogP contribution in [0.5, 0.6) is 5.75 Å². The Labute approximate surface area is 200 Å². The van der Waals surface area contributed by atoms with Gasteiger partial charge in [-0.15, -0.1) is 11.3 Å². The normalized spacial score (nSPS) is 11.2. The summed E-state index contributed by atoms with van der Waals surface area (Å²) in [5.41, 5.74) is 2.15. The summed E-state index contributed by atoms with van der Waals surface area (Å²) < 4.78 is 12.0. The third-order valence-electron chi connectivity index (χ3n) is 4.65. The third kappa shape index (κ3) is 5.99. The van der Waals surface area contributed by atoms with Crippen molar-refractivity contribution in [3.05, 3.63) is 70.2 Å². The van der Waals surface area contributed by atoms with Crippen molar-refractivity contribution in [3.63, 3.8) is 0 Å². The number of esters is 1. The van der Waals surface area contributed by atoms with E-state index < -0.39 is 5.97 Å².